The number of thioether (sulfide) groups is 1. The summed E-state index contributed by atoms with van der Waals surface area (Å²) in [5.41, 5.74) is 1.86. The number of hydrogen-bond donors (Lipinski definition) is 2. The molecule has 31 heavy (non-hydrogen) atoms. The third-order valence-electron chi connectivity index (χ3n) is 4.36. The molecule has 3 aromatic rings. The summed E-state index contributed by atoms with van der Waals surface area (Å²) in [6.07, 6.45) is 0. The first-order valence-electron chi connectivity index (χ1n) is 9.37. The molecule has 0 spiro atoms. The molecule has 0 saturated heterocycles. The van der Waals surface area contributed by atoms with Crippen molar-refractivity contribution in [3.8, 4) is 0 Å². The van der Waals surface area contributed by atoms with Crippen molar-refractivity contribution in [2.24, 2.45) is 0 Å². The van der Waals surface area contributed by atoms with Crippen LogP contribution in [0.1, 0.15) is 15.9 Å². The van der Waals surface area contributed by atoms with Gasteiger partial charge in [0.1, 0.15) is 6.04 Å². The molecule has 0 saturated carbocycles. The summed E-state index contributed by atoms with van der Waals surface area (Å²) in [5.74, 6) is 0.226. The SMILES string of the molecule is O=C(NC(CSCc1ccccc1Cl)C(=O)Nc1ccccc1Cl)c1ccc(Cl)cc1. The summed E-state index contributed by atoms with van der Waals surface area (Å²) >= 11 is 19.8. The highest BCUT2D eigenvalue weighted by molar-refractivity contribution is 7.98. The topological polar surface area (TPSA) is 58.2 Å². The minimum absolute atomic E-state index is 0.348. The minimum Gasteiger partial charge on any atom is -0.339 e. The standard InChI is InChI=1S/C23H19Cl3N2O2S/c24-17-11-9-15(10-12-17)22(29)28-21(14-31-13-16-5-1-2-6-18(16)25)23(30)27-20-8-4-3-7-19(20)26/h1-12,21H,13-14H2,(H,27,30)(H,28,29). The first-order chi connectivity index (χ1) is 14.9. The molecule has 0 radical (unpaired) electrons. The van der Waals surface area contributed by atoms with E-state index in [1.165, 1.54) is 11.8 Å². The zero-order chi connectivity index (χ0) is 22.2. The van der Waals surface area contributed by atoms with Crippen molar-refractivity contribution in [1.82, 2.24) is 5.32 Å². The van der Waals surface area contributed by atoms with E-state index in [9.17, 15) is 9.59 Å². The lowest BCUT2D eigenvalue weighted by molar-refractivity contribution is -0.117. The zero-order valence-corrected chi connectivity index (χ0v) is 19.4. The van der Waals surface area contributed by atoms with Crippen LogP contribution >= 0.6 is 46.6 Å². The lowest BCUT2D eigenvalue weighted by Gasteiger charge is -2.19. The average Bonchev–Trinajstić information content (AvgIpc) is 2.76. The maximum absolute atomic E-state index is 13.0. The van der Waals surface area contributed by atoms with Crippen molar-refractivity contribution >= 4 is 64.1 Å². The molecule has 0 aliphatic rings. The Bertz CT molecular complexity index is 1060. The van der Waals surface area contributed by atoms with E-state index in [4.69, 9.17) is 34.8 Å². The Kier molecular flexibility index (Phi) is 8.67. The summed E-state index contributed by atoms with van der Waals surface area (Å²) < 4.78 is 0. The Labute approximate surface area is 200 Å². The third kappa shape index (κ3) is 6.91. The quantitative estimate of drug-likeness (QED) is 0.386. The molecule has 8 heteroatoms. The average molecular weight is 494 g/mol. The molecule has 0 heterocycles. The number of benzene rings is 3. The van der Waals surface area contributed by atoms with Crippen molar-refractivity contribution in [3.63, 3.8) is 0 Å². The predicted octanol–water partition coefficient (Wildman–Crippen LogP) is 6.32. The lowest BCUT2D eigenvalue weighted by Crippen LogP contribution is -2.45. The monoisotopic (exact) mass is 492 g/mol. The van der Waals surface area contributed by atoms with Crippen molar-refractivity contribution in [2.75, 3.05) is 11.1 Å². The van der Waals surface area contributed by atoms with Gasteiger partial charge >= 0.3 is 0 Å². The molecule has 0 bridgehead atoms. The van der Waals surface area contributed by atoms with Gasteiger partial charge in [0.25, 0.3) is 5.91 Å². The molecule has 2 amide bonds. The molecule has 3 aromatic carbocycles. The Morgan fingerprint density at radius 2 is 1.48 bits per heavy atom. The van der Waals surface area contributed by atoms with Gasteiger partial charge in [-0.05, 0) is 48.0 Å². The minimum atomic E-state index is -0.785. The number of hydrogen-bond acceptors (Lipinski definition) is 3. The number of carbonyl (C=O) groups excluding carboxylic acids is 2. The van der Waals surface area contributed by atoms with Gasteiger partial charge in [0, 0.05) is 27.1 Å². The largest absolute Gasteiger partial charge is 0.339 e. The Morgan fingerprint density at radius 1 is 0.839 bits per heavy atom. The molecule has 0 aliphatic carbocycles. The van der Waals surface area contributed by atoms with Gasteiger partial charge in [-0.3, -0.25) is 9.59 Å². The number of para-hydroxylation sites is 1. The fourth-order valence-electron chi connectivity index (χ4n) is 2.71. The highest BCUT2D eigenvalue weighted by atomic mass is 35.5. The van der Waals surface area contributed by atoms with Crippen LogP contribution in [0.5, 0.6) is 0 Å². The van der Waals surface area contributed by atoms with E-state index in [1.54, 1.807) is 48.5 Å². The fourth-order valence-corrected chi connectivity index (χ4v) is 4.36. The van der Waals surface area contributed by atoms with E-state index < -0.39 is 6.04 Å². The second-order valence-corrected chi connectivity index (χ2v) is 8.89. The predicted molar refractivity (Wildman–Crippen MR) is 130 cm³/mol. The number of halogens is 3. The molecule has 1 unspecified atom stereocenters. The van der Waals surface area contributed by atoms with Gasteiger partial charge in [-0.1, -0.05) is 65.1 Å². The van der Waals surface area contributed by atoms with Crippen LogP contribution in [0.3, 0.4) is 0 Å². The van der Waals surface area contributed by atoms with Crippen LogP contribution in [0, 0.1) is 0 Å². The van der Waals surface area contributed by atoms with Gasteiger partial charge in [-0.15, -0.1) is 0 Å². The van der Waals surface area contributed by atoms with Gasteiger partial charge in [0.2, 0.25) is 5.91 Å². The molecule has 0 fully saturated rings. The van der Waals surface area contributed by atoms with Crippen LogP contribution in [0.2, 0.25) is 15.1 Å². The zero-order valence-electron chi connectivity index (χ0n) is 16.3. The number of carbonyl (C=O) groups is 2. The normalized spacial score (nSPS) is 11.6. The van der Waals surface area contributed by atoms with Gasteiger partial charge in [0.15, 0.2) is 0 Å². The van der Waals surface area contributed by atoms with E-state index in [0.717, 1.165) is 5.56 Å². The van der Waals surface area contributed by atoms with Gasteiger partial charge in [0.05, 0.1) is 10.7 Å². The number of nitrogens with one attached hydrogen (secondary N) is 2. The Balaban J connectivity index is 1.71. The summed E-state index contributed by atoms with van der Waals surface area (Å²) in [6, 6.07) is 20.1. The van der Waals surface area contributed by atoms with Gasteiger partial charge < -0.3 is 10.6 Å². The van der Waals surface area contributed by atoms with Crippen LogP contribution < -0.4 is 10.6 Å². The second kappa shape index (κ2) is 11.4. The van der Waals surface area contributed by atoms with E-state index in [-0.39, 0.29) is 11.8 Å². The maximum atomic E-state index is 13.0. The van der Waals surface area contributed by atoms with Gasteiger partial charge in [-0.25, -0.2) is 0 Å². The summed E-state index contributed by atoms with van der Waals surface area (Å²) in [7, 11) is 0. The molecule has 160 valence electrons. The molecule has 0 aliphatic heterocycles. The highest BCUT2D eigenvalue weighted by Gasteiger charge is 2.22. The molecule has 1 atom stereocenters. The first kappa shape index (κ1) is 23.5. The van der Waals surface area contributed by atoms with Crippen LogP contribution in [-0.2, 0) is 10.5 Å². The van der Waals surface area contributed by atoms with Crippen molar-refractivity contribution < 1.29 is 9.59 Å². The van der Waals surface area contributed by atoms with Crippen LogP contribution in [0.4, 0.5) is 5.69 Å². The van der Waals surface area contributed by atoms with Crippen molar-refractivity contribution in [2.45, 2.75) is 11.8 Å². The van der Waals surface area contributed by atoms with E-state index in [0.29, 0.717) is 37.8 Å². The summed E-state index contributed by atoms with van der Waals surface area (Å²) in [6.45, 7) is 0. The number of rotatable bonds is 8. The van der Waals surface area contributed by atoms with Gasteiger partial charge in [-0.2, -0.15) is 11.8 Å². The number of amides is 2. The van der Waals surface area contributed by atoms with E-state index in [1.807, 2.05) is 24.3 Å². The Hall–Kier alpha value is -2.18. The van der Waals surface area contributed by atoms with Crippen LogP contribution in [0.15, 0.2) is 72.8 Å². The summed E-state index contributed by atoms with van der Waals surface area (Å²) in [4.78, 5) is 25.6. The molecule has 2 N–H and O–H groups in total. The molecule has 3 rings (SSSR count). The molecular weight excluding hydrogens is 475 g/mol. The maximum Gasteiger partial charge on any atom is 0.251 e. The smallest absolute Gasteiger partial charge is 0.251 e. The lowest BCUT2D eigenvalue weighted by atomic mass is 10.2. The molecular formula is C23H19Cl3N2O2S. The highest BCUT2D eigenvalue weighted by Crippen LogP contribution is 2.23. The Morgan fingerprint density at radius 3 is 2.16 bits per heavy atom. The molecule has 4 nitrogen and oxygen atoms in total. The first-order valence-corrected chi connectivity index (χ1v) is 11.7. The van der Waals surface area contributed by atoms with E-state index >= 15 is 0 Å². The van der Waals surface area contributed by atoms with Crippen molar-refractivity contribution in [3.05, 3.63) is 99.0 Å². The number of anilines is 1. The van der Waals surface area contributed by atoms with E-state index in [2.05, 4.69) is 10.6 Å². The van der Waals surface area contributed by atoms with Crippen LogP contribution in [-0.4, -0.2) is 23.6 Å². The second-order valence-electron chi connectivity index (χ2n) is 6.61. The summed E-state index contributed by atoms with van der Waals surface area (Å²) in [5, 5.41) is 7.20. The third-order valence-corrected chi connectivity index (χ3v) is 6.39. The fraction of sp³-hybridized carbons (Fsp3) is 0.130. The molecule has 0 aromatic heterocycles. The van der Waals surface area contributed by atoms with Crippen LogP contribution in [0.25, 0.3) is 0 Å². The van der Waals surface area contributed by atoms with Crippen molar-refractivity contribution in [1.29, 1.82) is 0 Å².